The molecule has 0 aliphatic rings. The summed E-state index contributed by atoms with van der Waals surface area (Å²) in [7, 11) is 0. The van der Waals surface area contributed by atoms with Gasteiger partial charge in [0.1, 0.15) is 0 Å². The van der Waals surface area contributed by atoms with Gasteiger partial charge in [-0.1, -0.05) is 6.07 Å². The minimum atomic E-state index is 0.318. The van der Waals surface area contributed by atoms with E-state index in [0.29, 0.717) is 6.04 Å². The molecular formula is C16H23N3. The number of nitrogens with one attached hydrogen (secondary N) is 1. The van der Waals surface area contributed by atoms with Crippen LogP contribution in [0, 0.1) is 13.8 Å². The van der Waals surface area contributed by atoms with E-state index in [1.807, 2.05) is 18.5 Å². The standard InChI is InChI=1S/C16H23N3/c1-5-19-12(2)9-16(14(19)4)11-18-13(3)15-7-6-8-17-10-15/h6-10,13,18H,5,11H2,1-4H3/t13-/m0/s1. The van der Waals surface area contributed by atoms with Gasteiger partial charge in [0, 0.05) is 42.9 Å². The Hall–Kier alpha value is -1.61. The van der Waals surface area contributed by atoms with Crippen LogP contribution < -0.4 is 5.32 Å². The van der Waals surface area contributed by atoms with Crippen molar-refractivity contribution in [1.29, 1.82) is 0 Å². The quantitative estimate of drug-likeness (QED) is 0.890. The molecular weight excluding hydrogens is 234 g/mol. The van der Waals surface area contributed by atoms with Gasteiger partial charge < -0.3 is 9.88 Å². The molecule has 1 atom stereocenters. The Morgan fingerprint density at radius 2 is 2.16 bits per heavy atom. The molecule has 0 amide bonds. The number of hydrogen-bond donors (Lipinski definition) is 1. The lowest BCUT2D eigenvalue weighted by Crippen LogP contribution is -2.18. The van der Waals surface area contributed by atoms with Gasteiger partial charge in [-0.2, -0.15) is 0 Å². The summed E-state index contributed by atoms with van der Waals surface area (Å²) < 4.78 is 2.35. The van der Waals surface area contributed by atoms with E-state index < -0.39 is 0 Å². The fraction of sp³-hybridized carbons (Fsp3) is 0.438. The minimum Gasteiger partial charge on any atom is -0.349 e. The van der Waals surface area contributed by atoms with Crippen molar-refractivity contribution in [1.82, 2.24) is 14.9 Å². The van der Waals surface area contributed by atoms with E-state index in [1.54, 1.807) is 0 Å². The van der Waals surface area contributed by atoms with E-state index in [9.17, 15) is 0 Å². The molecule has 0 unspecified atom stereocenters. The highest BCUT2D eigenvalue weighted by Crippen LogP contribution is 2.17. The Labute approximate surface area is 115 Å². The van der Waals surface area contributed by atoms with Crippen LogP contribution in [0.1, 0.15) is 42.4 Å². The number of aryl methyl sites for hydroxylation is 1. The molecule has 0 aliphatic heterocycles. The fourth-order valence-corrected chi connectivity index (χ4v) is 2.55. The van der Waals surface area contributed by atoms with Crippen molar-refractivity contribution in [3.63, 3.8) is 0 Å². The maximum Gasteiger partial charge on any atom is 0.0315 e. The molecule has 1 N–H and O–H groups in total. The molecule has 0 saturated heterocycles. The Balaban J connectivity index is 2.03. The van der Waals surface area contributed by atoms with Crippen molar-refractivity contribution in [3.8, 4) is 0 Å². The second-order valence-electron chi connectivity index (χ2n) is 5.03. The van der Waals surface area contributed by atoms with Crippen LogP contribution in [0.2, 0.25) is 0 Å². The Morgan fingerprint density at radius 3 is 2.74 bits per heavy atom. The van der Waals surface area contributed by atoms with Gasteiger partial charge in [0.05, 0.1) is 0 Å². The van der Waals surface area contributed by atoms with Crippen molar-refractivity contribution in [2.45, 2.75) is 46.8 Å². The maximum atomic E-state index is 4.17. The van der Waals surface area contributed by atoms with Crippen molar-refractivity contribution in [3.05, 3.63) is 53.1 Å². The number of rotatable bonds is 5. The van der Waals surface area contributed by atoms with Crippen LogP contribution in [-0.2, 0) is 13.1 Å². The Bertz CT molecular complexity index is 528. The highest BCUT2D eigenvalue weighted by Gasteiger charge is 2.09. The summed E-state index contributed by atoms with van der Waals surface area (Å²) in [5.74, 6) is 0. The van der Waals surface area contributed by atoms with Crippen molar-refractivity contribution in [2.75, 3.05) is 0 Å². The summed E-state index contributed by atoms with van der Waals surface area (Å²) in [6, 6.07) is 6.69. The average molecular weight is 257 g/mol. The summed E-state index contributed by atoms with van der Waals surface area (Å²) in [4.78, 5) is 4.17. The number of pyridine rings is 1. The molecule has 102 valence electrons. The topological polar surface area (TPSA) is 29.9 Å². The summed E-state index contributed by atoms with van der Waals surface area (Å²) in [5.41, 5.74) is 5.32. The van der Waals surface area contributed by atoms with Gasteiger partial charge in [-0.15, -0.1) is 0 Å². The van der Waals surface area contributed by atoms with Gasteiger partial charge >= 0.3 is 0 Å². The summed E-state index contributed by atoms with van der Waals surface area (Å²) in [5, 5.41) is 3.57. The van der Waals surface area contributed by atoms with Gasteiger partial charge in [-0.05, 0) is 51.0 Å². The van der Waals surface area contributed by atoms with E-state index in [0.717, 1.165) is 13.1 Å². The Kier molecular flexibility index (Phi) is 4.38. The monoisotopic (exact) mass is 257 g/mol. The first-order chi connectivity index (χ1) is 9.13. The molecule has 0 saturated carbocycles. The van der Waals surface area contributed by atoms with Gasteiger partial charge in [-0.3, -0.25) is 4.98 Å². The predicted octanol–water partition coefficient (Wildman–Crippen LogP) is 3.37. The molecule has 3 nitrogen and oxygen atoms in total. The van der Waals surface area contributed by atoms with Crippen LogP contribution in [0.5, 0.6) is 0 Å². The summed E-state index contributed by atoms with van der Waals surface area (Å²) in [6.45, 7) is 10.7. The molecule has 2 aromatic rings. The van der Waals surface area contributed by atoms with Crippen molar-refractivity contribution in [2.24, 2.45) is 0 Å². The van der Waals surface area contributed by atoms with E-state index in [4.69, 9.17) is 0 Å². The van der Waals surface area contributed by atoms with Crippen molar-refractivity contribution < 1.29 is 0 Å². The van der Waals surface area contributed by atoms with E-state index in [-0.39, 0.29) is 0 Å². The molecule has 19 heavy (non-hydrogen) atoms. The summed E-state index contributed by atoms with van der Waals surface area (Å²) in [6.07, 6.45) is 3.73. The molecule has 0 fully saturated rings. The van der Waals surface area contributed by atoms with E-state index in [2.05, 4.69) is 54.7 Å². The third kappa shape index (κ3) is 3.04. The first-order valence-electron chi connectivity index (χ1n) is 6.92. The maximum absolute atomic E-state index is 4.17. The molecule has 0 aromatic carbocycles. The lowest BCUT2D eigenvalue weighted by atomic mass is 10.1. The SMILES string of the molecule is CCn1c(C)cc(CN[C@@H](C)c2cccnc2)c1C. The highest BCUT2D eigenvalue weighted by atomic mass is 15.0. The largest absolute Gasteiger partial charge is 0.349 e. The van der Waals surface area contributed by atoms with Crippen LogP contribution in [-0.4, -0.2) is 9.55 Å². The zero-order valence-electron chi connectivity index (χ0n) is 12.3. The molecule has 2 heterocycles. The first-order valence-corrected chi connectivity index (χ1v) is 6.92. The van der Waals surface area contributed by atoms with Crippen LogP contribution in [0.25, 0.3) is 0 Å². The van der Waals surface area contributed by atoms with Crippen LogP contribution in [0.3, 0.4) is 0 Å². The van der Waals surface area contributed by atoms with Gasteiger partial charge in [0.2, 0.25) is 0 Å². The zero-order valence-corrected chi connectivity index (χ0v) is 12.3. The van der Waals surface area contributed by atoms with Crippen molar-refractivity contribution >= 4 is 0 Å². The lowest BCUT2D eigenvalue weighted by Gasteiger charge is -2.14. The zero-order chi connectivity index (χ0) is 13.8. The van der Waals surface area contributed by atoms with Gasteiger partial charge in [-0.25, -0.2) is 0 Å². The number of hydrogen-bond acceptors (Lipinski definition) is 2. The van der Waals surface area contributed by atoms with Gasteiger partial charge in [0.15, 0.2) is 0 Å². The fourth-order valence-electron chi connectivity index (χ4n) is 2.55. The van der Waals surface area contributed by atoms with E-state index in [1.165, 1.54) is 22.5 Å². The Morgan fingerprint density at radius 1 is 1.37 bits per heavy atom. The lowest BCUT2D eigenvalue weighted by molar-refractivity contribution is 0.570. The average Bonchev–Trinajstić information content (AvgIpc) is 2.71. The smallest absolute Gasteiger partial charge is 0.0315 e. The predicted molar refractivity (Wildman–Crippen MR) is 79.1 cm³/mol. The first kappa shape index (κ1) is 13.8. The molecule has 0 radical (unpaired) electrons. The molecule has 3 heteroatoms. The third-order valence-electron chi connectivity index (χ3n) is 3.78. The minimum absolute atomic E-state index is 0.318. The van der Waals surface area contributed by atoms with Crippen LogP contribution >= 0.6 is 0 Å². The van der Waals surface area contributed by atoms with Crippen LogP contribution in [0.4, 0.5) is 0 Å². The molecule has 0 bridgehead atoms. The molecule has 0 spiro atoms. The third-order valence-corrected chi connectivity index (χ3v) is 3.78. The molecule has 2 aromatic heterocycles. The number of aromatic nitrogens is 2. The second-order valence-corrected chi connectivity index (χ2v) is 5.03. The molecule has 0 aliphatic carbocycles. The van der Waals surface area contributed by atoms with E-state index >= 15 is 0 Å². The second kappa shape index (κ2) is 6.02. The van der Waals surface area contributed by atoms with Gasteiger partial charge in [0.25, 0.3) is 0 Å². The number of nitrogens with zero attached hydrogens (tertiary/aromatic N) is 2. The molecule has 2 rings (SSSR count). The summed E-state index contributed by atoms with van der Waals surface area (Å²) >= 11 is 0. The normalized spacial score (nSPS) is 12.6. The van der Waals surface area contributed by atoms with Crippen LogP contribution in [0.15, 0.2) is 30.6 Å². The highest BCUT2D eigenvalue weighted by molar-refractivity contribution is 5.27.